The van der Waals surface area contributed by atoms with E-state index in [-0.39, 0.29) is 18.5 Å². The van der Waals surface area contributed by atoms with Gasteiger partial charge in [-0.3, -0.25) is 19.8 Å². The molecular formula is C18H20ClN3O3. The van der Waals surface area contributed by atoms with Crippen molar-refractivity contribution in [1.29, 1.82) is 0 Å². The van der Waals surface area contributed by atoms with Gasteiger partial charge < -0.3 is 4.90 Å². The molecule has 1 aromatic carbocycles. The summed E-state index contributed by atoms with van der Waals surface area (Å²) in [5.74, 6) is -0.902. The second-order valence-corrected chi connectivity index (χ2v) is 7.67. The number of urea groups is 1. The molecule has 25 heavy (non-hydrogen) atoms. The summed E-state index contributed by atoms with van der Waals surface area (Å²) < 4.78 is 0. The number of hydrogen-bond acceptors (Lipinski definition) is 4. The van der Waals surface area contributed by atoms with Crippen LogP contribution in [0.2, 0.25) is 5.02 Å². The first kappa shape index (κ1) is 16.4. The fourth-order valence-electron chi connectivity index (χ4n) is 4.55. The summed E-state index contributed by atoms with van der Waals surface area (Å²) in [5.41, 5.74) is 0.505. The van der Waals surface area contributed by atoms with Crippen LogP contribution in [0.3, 0.4) is 0 Å². The molecule has 0 aliphatic carbocycles. The van der Waals surface area contributed by atoms with Gasteiger partial charge in [0.1, 0.15) is 0 Å². The lowest BCUT2D eigenvalue weighted by Gasteiger charge is -2.50. The number of rotatable bonds is 1. The van der Waals surface area contributed by atoms with Crippen molar-refractivity contribution in [1.82, 2.24) is 10.2 Å². The van der Waals surface area contributed by atoms with Crippen molar-refractivity contribution >= 4 is 35.1 Å². The number of imide groups is 2. The highest BCUT2D eigenvalue weighted by Crippen LogP contribution is 2.49. The first-order valence-electron chi connectivity index (χ1n) is 8.61. The maximum Gasteiger partial charge on any atom is 0.331 e. The average molecular weight is 362 g/mol. The fourth-order valence-corrected chi connectivity index (χ4v) is 4.78. The number of nitrogens with zero attached hydrogens (tertiary/aromatic N) is 2. The minimum atomic E-state index is -1.30. The van der Waals surface area contributed by atoms with E-state index in [1.165, 1.54) is 4.90 Å². The normalized spacial score (nSPS) is 28.5. The van der Waals surface area contributed by atoms with Crippen LogP contribution in [0.1, 0.15) is 32.3 Å². The van der Waals surface area contributed by atoms with E-state index in [1.54, 1.807) is 19.9 Å². The molecule has 3 heterocycles. The molecular weight excluding hydrogens is 342 g/mol. The zero-order chi connectivity index (χ0) is 17.9. The van der Waals surface area contributed by atoms with Crippen molar-refractivity contribution in [2.24, 2.45) is 5.41 Å². The molecule has 2 unspecified atom stereocenters. The molecule has 3 aliphatic heterocycles. The van der Waals surface area contributed by atoms with E-state index >= 15 is 0 Å². The van der Waals surface area contributed by atoms with Gasteiger partial charge in [0.05, 0.1) is 6.04 Å². The summed E-state index contributed by atoms with van der Waals surface area (Å²) in [6, 6.07) is 4.45. The lowest BCUT2D eigenvalue weighted by atomic mass is 9.68. The number of barbiturate groups is 1. The van der Waals surface area contributed by atoms with E-state index in [4.69, 9.17) is 11.6 Å². The van der Waals surface area contributed by atoms with Crippen molar-refractivity contribution in [2.45, 2.75) is 45.2 Å². The number of benzene rings is 1. The van der Waals surface area contributed by atoms with E-state index < -0.39 is 23.3 Å². The predicted octanol–water partition coefficient (Wildman–Crippen LogP) is 2.34. The number of carbonyl (C=O) groups excluding carboxylic acids is 3. The predicted molar refractivity (Wildman–Crippen MR) is 93.5 cm³/mol. The standard InChI is InChI=1S/C18H20ClN3O3/c1-10(2)22-16(24)18(15(23)20-17(22)25)9-11-12(19)5-3-6-13(11)21-8-4-7-14(18)21/h3,5-6,10,14H,4,7-9H2,1-2H3,(H,20,23,25). The smallest absolute Gasteiger partial charge is 0.331 e. The number of carbonyl (C=O) groups is 3. The number of amides is 4. The highest BCUT2D eigenvalue weighted by atomic mass is 35.5. The highest BCUT2D eigenvalue weighted by molar-refractivity contribution is 6.32. The Labute approximate surface area is 151 Å². The van der Waals surface area contributed by atoms with Crippen LogP contribution in [0, 0.1) is 5.41 Å². The maximum atomic E-state index is 13.4. The van der Waals surface area contributed by atoms with E-state index in [1.807, 2.05) is 12.1 Å². The number of nitrogens with one attached hydrogen (secondary N) is 1. The van der Waals surface area contributed by atoms with Gasteiger partial charge in [-0.2, -0.15) is 0 Å². The molecule has 2 saturated heterocycles. The van der Waals surface area contributed by atoms with Gasteiger partial charge in [-0.15, -0.1) is 0 Å². The largest absolute Gasteiger partial charge is 0.367 e. The third kappa shape index (κ3) is 2.06. The molecule has 7 heteroatoms. The highest BCUT2D eigenvalue weighted by Gasteiger charge is 2.63. The third-order valence-electron chi connectivity index (χ3n) is 5.64. The van der Waals surface area contributed by atoms with Crippen molar-refractivity contribution in [3.8, 4) is 0 Å². The Bertz CT molecular complexity index is 794. The maximum absolute atomic E-state index is 13.4. The van der Waals surface area contributed by atoms with E-state index in [9.17, 15) is 14.4 Å². The quantitative estimate of drug-likeness (QED) is 0.779. The minimum Gasteiger partial charge on any atom is -0.367 e. The van der Waals surface area contributed by atoms with Gasteiger partial charge in [0.25, 0.3) is 0 Å². The number of anilines is 1. The molecule has 4 rings (SSSR count). The van der Waals surface area contributed by atoms with Crippen LogP contribution in [-0.4, -0.2) is 41.4 Å². The number of fused-ring (bicyclic) bond motifs is 4. The Kier molecular flexibility index (Phi) is 3.58. The molecule has 1 aromatic rings. The Hall–Kier alpha value is -2.08. The van der Waals surface area contributed by atoms with Gasteiger partial charge in [-0.05, 0) is 44.4 Å². The Morgan fingerprint density at radius 1 is 1.28 bits per heavy atom. The van der Waals surface area contributed by atoms with Crippen LogP contribution >= 0.6 is 11.6 Å². The van der Waals surface area contributed by atoms with Crippen LogP contribution in [-0.2, 0) is 16.0 Å². The molecule has 2 atom stereocenters. The zero-order valence-electron chi connectivity index (χ0n) is 14.2. The zero-order valence-corrected chi connectivity index (χ0v) is 15.0. The van der Waals surface area contributed by atoms with Crippen LogP contribution in [0.5, 0.6) is 0 Å². The molecule has 6 nitrogen and oxygen atoms in total. The first-order chi connectivity index (χ1) is 11.9. The molecule has 3 aliphatic rings. The molecule has 1 N–H and O–H groups in total. The molecule has 132 valence electrons. The first-order valence-corrected chi connectivity index (χ1v) is 8.99. The number of hydrogen-bond donors (Lipinski definition) is 1. The summed E-state index contributed by atoms with van der Waals surface area (Å²) in [6.45, 7) is 4.32. The molecule has 2 fully saturated rings. The average Bonchev–Trinajstić information content (AvgIpc) is 3.03. The summed E-state index contributed by atoms with van der Waals surface area (Å²) in [5, 5.41) is 2.97. The molecule has 0 radical (unpaired) electrons. The fraction of sp³-hybridized carbons (Fsp3) is 0.500. The van der Waals surface area contributed by atoms with E-state index in [0.29, 0.717) is 5.02 Å². The molecule has 4 amide bonds. The van der Waals surface area contributed by atoms with Gasteiger partial charge in [0.2, 0.25) is 11.8 Å². The van der Waals surface area contributed by atoms with Crippen molar-refractivity contribution in [3.05, 3.63) is 28.8 Å². The molecule has 0 aromatic heterocycles. The molecule has 0 saturated carbocycles. The van der Waals surface area contributed by atoms with E-state index in [2.05, 4.69) is 10.2 Å². The summed E-state index contributed by atoms with van der Waals surface area (Å²) in [6.07, 6.45) is 1.87. The monoisotopic (exact) mass is 361 g/mol. The second-order valence-electron chi connectivity index (χ2n) is 7.27. The Morgan fingerprint density at radius 2 is 2.04 bits per heavy atom. The number of halogens is 1. The van der Waals surface area contributed by atoms with Crippen LogP contribution in [0.25, 0.3) is 0 Å². The van der Waals surface area contributed by atoms with Crippen molar-refractivity contribution < 1.29 is 14.4 Å². The van der Waals surface area contributed by atoms with Crippen LogP contribution in [0.15, 0.2) is 18.2 Å². The van der Waals surface area contributed by atoms with Gasteiger partial charge >= 0.3 is 6.03 Å². The molecule has 0 bridgehead atoms. The topological polar surface area (TPSA) is 69.7 Å². The Morgan fingerprint density at radius 3 is 2.76 bits per heavy atom. The lowest BCUT2D eigenvalue weighted by Crippen LogP contribution is -2.72. The molecule has 1 spiro atoms. The van der Waals surface area contributed by atoms with Gasteiger partial charge in [0.15, 0.2) is 5.41 Å². The SMILES string of the molecule is CC(C)N1C(=O)NC(=O)C2(Cc3c(Cl)cccc3N3CCCC32)C1=O. The second kappa shape index (κ2) is 5.46. The Balaban J connectivity index is 1.91. The minimum absolute atomic E-state index is 0.227. The van der Waals surface area contributed by atoms with Crippen molar-refractivity contribution in [2.75, 3.05) is 11.4 Å². The summed E-state index contributed by atoms with van der Waals surface area (Å²) >= 11 is 6.41. The van der Waals surface area contributed by atoms with Gasteiger partial charge in [0, 0.05) is 29.7 Å². The van der Waals surface area contributed by atoms with Crippen molar-refractivity contribution in [3.63, 3.8) is 0 Å². The van der Waals surface area contributed by atoms with Crippen LogP contribution in [0.4, 0.5) is 10.5 Å². The van der Waals surface area contributed by atoms with E-state index in [0.717, 1.165) is 30.6 Å². The third-order valence-corrected chi connectivity index (χ3v) is 6.00. The van der Waals surface area contributed by atoms with Crippen LogP contribution < -0.4 is 10.2 Å². The van der Waals surface area contributed by atoms with Gasteiger partial charge in [-0.25, -0.2) is 4.79 Å². The summed E-state index contributed by atoms with van der Waals surface area (Å²) in [4.78, 5) is 41.9. The lowest BCUT2D eigenvalue weighted by molar-refractivity contribution is -0.154. The summed E-state index contributed by atoms with van der Waals surface area (Å²) in [7, 11) is 0. The van der Waals surface area contributed by atoms with Gasteiger partial charge in [-0.1, -0.05) is 17.7 Å².